The first kappa shape index (κ1) is 14.0. The fourth-order valence-corrected chi connectivity index (χ4v) is 3.24. The molecule has 21 heavy (non-hydrogen) atoms. The van der Waals surface area contributed by atoms with E-state index in [9.17, 15) is 0 Å². The minimum Gasteiger partial charge on any atom is -0.466 e. The number of hydrogen-bond acceptors (Lipinski definition) is 2. The van der Waals surface area contributed by atoms with Crippen LogP contribution in [0.3, 0.4) is 0 Å². The maximum absolute atomic E-state index is 6.37. The Morgan fingerprint density at radius 1 is 0.952 bits per heavy atom. The van der Waals surface area contributed by atoms with Crippen molar-refractivity contribution >= 4 is 11.5 Å². The summed E-state index contributed by atoms with van der Waals surface area (Å²) in [4.78, 5) is 2.36. The SMILES string of the molecule is CC(C)N(C1=c2ccccc2=C2C=CC=CC2O1)C(C)C. The van der Waals surface area contributed by atoms with Crippen molar-refractivity contribution in [2.75, 3.05) is 0 Å². The Hall–Kier alpha value is -1.96. The Balaban J connectivity index is 2.30. The topological polar surface area (TPSA) is 12.5 Å². The minimum absolute atomic E-state index is 0.0277. The van der Waals surface area contributed by atoms with Crippen LogP contribution in [0.5, 0.6) is 0 Å². The molecule has 0 aromatic heterocycles. The molecule has 1 aliphatic heterocycles. The predicted molar refractivity (Wildman–Crippen MR) is 87.8 cm³/mol. The number of hydrogen-bond donors (Lipinski definition) is 0. The van der Waals surface area contributed by atoms with Crippen LogP contribution in [0.1, 0.15) is 27.7 Å². The summed E-state index contributed by atoms with van der Waals surface area (Å²) < 4.78 is 6.37. The second kappa shape index (κ2) is 5.44. The molecule has 0 N–H and O–H groups in total. The van der Waals surface area contributed by atoms with E-state index < -0.39 is 0 Å². The van der Waals surface area contributed by atoms with E-state index in [1.165, 1.54) is 16.0 Å². The standard InChI is InChI=1S/C19H23NO/c1-13(2)20(14(3)4)19-17-11-6-5-9-15(17)16-10-7-8-12-18(16)21-19/h5-14,18H,1-4H3. The Bertz CT molecular complexity index is 701. The van der Waals surface area contributed by atoms with Crippen LogP contribution in [0.2, 0.25) is 0 Å². The number of nitrogens with zero attached hydrogens (tertiary/aromatic N) is 1. The minimum atomic E-state index is 0.0277. The molecule has 1 unspecified atom stereocenters. The van der Waals surface area contributed by atoms with E-state index in [0.717, 1.165) is 5.88 Å². The summed E-state index contributed by atoms with van der Waals surface area (Å²) in [5, 5.41) is 2.49. The van der Waals surface area contributed by atoms with Gasteiger partial charge in [0, 0.05) is 22.9 Å². The first-order chi connectivity index (χ1) is 10.1. The van der Waals surface area contributed by atoms with Gasteiger partial charge in [-0.05, 0) is 45.1 Å². The fourth-order valence-electron chi connectivity index (χ4n) is 3.24. The van der Waals surface area contributed by atoms with E-state index in [2.05, 4.69) is 81.2 Å². The third kappa shape index (κ3) is 2.39. The molecule has 0 amide bonds. The molecule has 3 rings (SSSR count). The number of allylic oxidation sites excluding steroid dienone is 2. The Labute approximate surface area is 126 Å². The van der Waals surface area contributed by atoms with Crippen LogP contribution in [0.25, 0.3) is 11.5 Å². The van der Waals surface area contributed by atoms with Crippen molar-refractivity contribution in [2.45, 2.75) is 45.9 Å². The van der Waals surface area contributed by atoms with Gasteiger partial charge in [0.2, 0.25) is 0 Å². The van der Waals surface area contributed by atoms with Crippen LogP contribution in [0.15, 0.2) is 48.6 Å². The zero-order chi connectivity index (χ0) is 15.0. The highest BCUT2D eigenvalue weighted by Crippen LogP contribution is 2.24. The van der Waals surface area contributed by atoms with Crippen molar-refractivity contribution in [3.05, 3.63) is 59.0 Å². The van der Waals surface area contributed by atoms with Gasteiger partial charge in [-0.3, -0.25) is 0 Å². The molecule has 1 aromatic rings. The molecule has 2 aliphatic rings. The molecule has 2 heteroatoms. The Kier molecular flexibility index (Phi) is 3.62. The van der Waals surface area contributed by atoms with Crippen LogP contribution in [0, 0.1) is 0 Å². The van der Waals surface area contributed by atoms with E-state index >= 15 is 0 Å². The quantitative estimate of drug-likeness (QED) is 0.844. The lowest BCUT2D eigenvalue weighted by molar-refractivity contribution is 0.132. The first-order valence-corrected chi connectivity index (χ1v) is 7.73. The third-order valence-electron chi connectivity index (χ3n) is 4.03. The highest BCUT2D eigenvalue weighted by atomic mass is 16.5. The highest BCUT2D eigenvalue weighted by Gasteiger charge is 2.26. The van der Waals surface area contributed by atoms with E-state index in [1.807, 2.05) is 0 Å². The third-order valence-corrected chi connectivity index (χ3v) is 4.03. The molecule has 0 saturated carbocycles. The molecule has 0 saturated heterocycles. The molecule has 2 nitrogen and oxygen atoms in total. The average Bonchev–Trinajstić information content (AvgIpc) is 2.47. The summed E-state index contributed by atoms with van der Waals surface area (Å²) in [6, 6.07) is 9.35. The van der Waals surface area contributed by atoms with Crippen LogP contribution < -0.4 is 10.4 Å². The lowest BCUT2D eigenvalue weighted by Gasteiger charge is -2.38. The van der Waals surface area contributed by atoms with E-state index in [1.54, 1.807) is 0 Å². The van der Waals surface area contributed by atoms with Gasteiger partial charge in [0.05, 0.1) is 0 Å². The summed E-state index contributed by atoms with van der Waals surface area (Å²) in [6.07, 6.45) is 8.47. The van der Waals surface area contributed by atoms with Crippen molar-refractivity contribution in [3.8, 4) is 0 Å². The summed E-state index contributed by atoms with van der Waals surface area (Å²) >= 11 is 0. The van der Waals surface area contributed by atoms with Crippen LogP contribution >= 0.6 is 0 Å². The van der Waals surface area contributed by atoms with Crippen molar-refractivity contribution in [3.63, 3.8) is 0 Å². The maximum atomic E-state index is 6.37. The fraction of sp³-hybridized carbons (Fsp3) is 0.368. The molecule has 0 radical (unpaired) electrons. The number of ether oxygens (including phenoxy) is 1. The van der Waals surface area contributed by atoms with E-state index in [-0.39, 0.29) is 6.10 Å². The molecule has 0 bridgehead atoms. The largest absolute Gasteiger partial charge is 0.466 e. The number of benzene rings is 1. The average molecular weight is 281 g/mol. The van der Waals surface area contributed by atoms with Gasteiger partial charge in [0.1, 0.15) is 6.10 Å². The lowest BCUT2D eigenvalue weighted by Crippen LogP contribution is -2.47. The molecule has 1 heterocycles. The molecule has 0 fully saturated rings. The van der Waals surface area contributed by atoms with Gasteiger partial charge in [-0.1, -0.05) is 36.4 Å². The number of fused-ring (bicyclic) bond motifs is 2. The van der Waals surface area contributed by atoms with E-state index in [4.69, 9.17) is 4.74 Å². The van der Waals surface area contributed by atoms with Gasteiger partial charge in [0.25, 0.3) is 0 Å². The van der Waals surface area contributed by atoms with Gasteiger partial charge in [-0.15, -0.1) is 0 Å². The second-order valence-electron chi connectivity index (χ2n) is 6.18. The van der Waals surface area contributed by atoms with Crippen LogP contribution in [-0.4, -0.2) is 23.1 Å². The zero-order valence-corrected chi connectivity index (χ0v) is 13.2. The lowest BCUT2D eigenvalue weighted by atomic mass is 9.98. The van der Waals surface area contributed by atoms with Gasteiger partial charge in [-0.25, -0.2) is 0 Å². The first-order valence-electron chi connectivity index (χ1n) is 7.73. The predicted octanol–water partition coefficient (Wildman–Crippen LogP) is 2.55. The molecular weight excluding hydrogens is 258 g/mol. The zero-order valence-electron chi connectivity index (χ0n) is 13.2. The van der Waals surface area contributed by atoms with Crippen LogP contribution in [-0.2, 0) is 4.74 Å². The van der Waals surface area contributed by atoms with Crippen LogP contribution in [0.4, 0.5) is 0 Å². The number of rotatable bonds is 3. The summed E-state index contributed by atoms with van der Waals surface area (Å²) in [5.41, 5.74) is 1.25. The smallest absolute Gasteiger partial charge is 0.198 e. The Morgan fingerprint density at radius 2 is 1.62 bits per heavy atom. The summed E-state index contributed by atoms with van der Waals surface area (Å²) in [6.45, 7) is 8.87. The van der Waals surface area contributed by atoms with Crippen molar-refractivity contribution < 1.29 is 4.74 Å². The molecule has 1 atom stereocenters. The van der Waals surface area contributed by atoms with Gasteiger partial charge < -0.3 is 9.64 Å². The van der Waals surface area contributed by atoms with Crippen molar-refractivity contribution in [1.82, 2.24) is 4.90 Å². The second-order valence-corrected chi connectivity index (χ2v) is 6.18. The molecule has 1 aromatic carbocycles. The molecule has 110 valence electrons. The van der Waals surface area contributed by atoms with E-state index in [0.29, 0.717) is 12.1 Å². The summed E-state index contributed by atoms with van der Waals surface area (Å²) in [5.74, 6) is 1.00. The normalized spacial score (nSPS) is 19.6. The molecule has 0 spiro atoms. The Morgan fingerprint density at radius 3 is 2.29 bits per heavy atom. The van der Waals surface area contributed by atoms with Crippen molar-refractivity contribution in [2.24, 2.45) is 0 Å². The van der Waals surface area contributed by atoms with Gasteiger partial charge >= 0.3 is 0 Å². The molecular formula is C19H23NO. The maximum Gasteiger partial charge on any atom is 0.198 e. The summed E-state index contributed by atoms with van der Waals surface area (Å²) in [7, 11) is 0. The van der Waals surface area contributed by atoms with Gasteiger partial charge in [-0.2, -0.15) is 0 Å². The molecule has 1 aliphatic carbocycles. The highest BCUT2D eigenvalue weighted by molar-refractivity contribution is 5.68. The van der Waals surface area contributed by atoms with Crippen molar-refractivity contribution in [1.29, 1.82) is 0 Å². The monoisotopic (exact) mass is 281 g/mol. The van der Waals surface area contributed by atoms with Gasteiger partial charge in [0.15, 0.2) is 5.88 Å².